The second kappa shape index (κ2) is 4.08. The first-order valence-corrected chi connectivity index (χ1v) is 5.74. The van der Waals surface area contributed by atoms with Crippen LogP contribution in [0.2, 0.25) is 0 Å². The number of nitrogens with zero attached hydrogens (tertiary/aromatic N) is 1. The van der Waals surface area contributed by atoms with Crippen LogP contribution in [0.3, 0.4) is 0 Å². The summed E-state index contributed by atoms with van der Waals surface area (Å²) in [5, 5.41) is 0. The Hall–Kier alpha value is -0.640. The Bertz CT molecular complexity index is 354. The maximum Gasteiger partial charge on any atom is 0.265 e. The van der Waals surface area contributed by atoms with Crippen LogP contribution in [-0.4, -0.2) is 19.0 Å². The predicted molar refractivity (Wildman–Crippen MR) is 60.5 cm³/mol. The summed E-state index contributed by atoms with van der Waals surface area (Å²) in [4.78, 5) is 1.74. The van der Waals surface area contributed by atoms with Gasteiger partial charge in [-0.1, -0.05) is 22.0 Å². The maximum atomic E-state index is 13.2. The molecule has 1 nitrogen and oxygen atoms in total. The first kappa shape index (κ1) is 10.9. The van der Waals surface area contributed by atoms with E-state index >= 15 is 0 Å². The molecule has 0 saturated carbocycles. The zero-order valence-corrected chi connectivity index (χ0v) is 9.80. The van der Waals surface area contributed by atoms with Crippen molar-refractivity contribution in [3.8, 4) is 0 Å². The molecule has 1 fully saturated rings. The summed E-state index contributed by atoms with van der Waals surface area (Å²) < 4.78 is 27.3. The first-order chi connectivity index (χ1) is 7.07. The SMILES string of the molecule is FC1(F)CCCN(c2cccc(Br)c2)C1. The minimum atomic E-state index is -2.54. The molecule has 1 aliphatic rings. The first-order valence-electron chi connectivity index (χ1n) is 4.95. The topological polar surface area (TPSA) is 3.24 Å². The van der Waals surface area contributed by atoms with Gasteiger partial charge in [-0.15, -0.1) is 0 Å². The summed E-state index contributed by atoms with van der Waals surface area (Å²) in [6.45, 7) is 0.551. The standard InChI is InChI=1S/C11H12BrF2N/c12-9-3-1-4-10(7-9)15-6-2-5-11(13,14)8-15/h1,3-4,7H,2,5-6,8H2. The van der Waals surface area contributed by atoms with Crippen LogP contribution in [0, 0.1) is 0 Å². The van der Waals surface area contributed by atoms with Crippen LogP contribution in [0.1, 0.15) is 12.8 Å². The zero-order chi connectivity index (χ0) is 10.9. The van der Waals surface area contributed by atoms with E-state index in [4.69, 9.17) is 0 Å². The average molecular weight is 276 g/mol. The summed E-state index contributed by atoms with van der Waals surface area (Å²) >= 11 is 3.34. The van der Waals surface area contributed by atoms with Crippen molar-refractivity contribution >= 4 is 21.6 Å². The van der Waals surface area contributed by atoms with Gasteiger partial charge in [-0.2, -0.15) is 0 Å². The quantitative estimate of drug-likeness (QED) is 0.756. The third kappa shape index (κ3) is 2.68. The van der Waals surface area contributed by atoms with Gasteiger partial charge in [0.15, 0.2) is 0 Å². The van der Waals surface area contributed by atoms with Gasteiger partial charge in [0.25, 0.3) is 5.92 Å². The molecule has 0 aliphatic carbocycles. The molecule has 0 amide bonds. The molecule has 1 aromatic carbocycles. The number of hydrogen-bond donors (Lipinski definition) is 0. The van der Waals surface area contributed by atoms with E-state index in [0.717, 1.165) is 10.2 Å². The van der Waals surface area contributed by atoms with E-state index < -0.39 is 5.92 Å². The molecule has 82 valence electrons. The fourth-order valence-corrected chi connectivity index (χ4v) is 2.25. The van der Waals surface area contributed by atoms with Crippen molar-refractivity contribution in [2.75, 3.05) is 18.0 Å². The summed E-state index contributed by atoms with van der Waals surface area (Å²) in [5.74, 6) is -2.54. The van der Waals surface area contributed by atoms with Crippen LogP contribution in [0.15, 0.2) is 28.7 Å². The van der Waals surface area contributed by atoms with Gasteiger partial charge < -0.3 is 4.90 Å². The van der Waals surface area contributed by atoms with Crippen LogP contribution in [-0.2, 0) is 0 Å². The van der Waals surface area contributed by atoms with Crippen LogP contribution >= 0.6 is 15.9 Å². The predicted octanol–water partition coefficient (Wildman–Crippen LogP) is 3.68. The molecule has 1 heterocycles. The lowest BCUT2D eigenvalue weighted by Crippen LogP contribution is -2.42. The van der Waals surface area contributed by atoms with Crippen molar-refractivity contribution in [2.24, 2.45) is 0 Å². The molecular formula is C11H12BrF2N. The molecule has 0 N–H and O–H groups in total. The third-order valence-corrected chi connectivity index (χ3v) is 3.06. The number of rotatable bonds is 1. The second-order valence-electron chi connectivity index (χ2n) is 3.86. The largest absolute Gasteiger partial charge is 0.365 e. The Morgan fingerprint density at radius 2 is 2.13 bits per heavy atom. The van der Waals surface area contributed by atoms with Crippen molar-refractivity contribution < 1.29 is 8.78 Å². The van der Waals surface area contributed by atoms with Crippen molar-refractivity contribution in [3.63, 3.8) is 0 Å². The fraction of sp³-hybridized carbons (Fsp3) is 0.455. The Labute approximate surface area is 96.2 Å². The molecular weight excluding hydrogens is 264 g/mol. The van der Waals surface area contributed by atoms with E-state index in [1.54, 1.807) is 4.90 Å². The van der Waals surface area contributed by atoms with E-state index in [-0.39, 0.29) is 13.0 Å². The van der Waals surface area contributed by atoms with Gasteiger partial charge in [0.1, 0.15) is 0 Å². The molecule has 0 unspecified atom stereocenters. The summed E-state index contributed by atoms with van der Waals surface area (Å²) in [6.07, 6.45) is 0.566. The normalized spacial score (nSPS) is 20.3. The third-order valence-electron chi connectivity index (χ3n) is 2.57. The van der Waals surface area contributed by atoms with Crippen molar-refractivity contribution in [2.45, 2.75) is 18.8 Å². The van der Waals surface area contributed by atoms with E-state index in [2.05, 4.69) is 15.9 Å². The van der Waals surface area contributed by atoms with Gasteiger partial charge >= 0.3 is 0 Å². The fourth-order valence-electron chi connectivity index (χ4n) is 1.86. The van der Waals surface area contributed by atoms with E-state index in [9.17, 15) is 8.78 Å². The molecule has 1 saturated heterocycles. The summed E-state index contributed by atoms with van der Waals surface area (Å²) in [7, 11) is 0. The van der Waals surface area contributed by atoms with Gasteiger partial charge in [0.05, 0.1) is 6.54 Å². The van der Waals surface area contributed by atoms with Gasteiger partial charge in [-0.3, -0.25) is 0 Å². The van der Waals surface area contributed by atoms with Crippen LogP contribution in [0.25, 0.3) is 0 Å². The lowest BCUT2D eigenvalue weighted by molar-refractivity contribution is -0.0116. The van der Waals surface area contributed by atoms with Gasteiger partial charge in [0, 0.05) is 23.1 Å². The van der Waals surface area contributed by atoms with Crippen LogP contribution in [0.4, 0.5) is 14.5 Å². The monoisotopic (exact) mass is 275 g/mol. The average Bonchev–Trinajstić information content (AvgIpc) is 2.16. The summed E-state index contributed by atoms with van der Waals surface area (Å²) in [5.41, 5.74) is 0.865. The molecule has 0 spiro atoms. The molecule has 0 atom stereocenters. The zero-order valence-electron chi connectivity index (χ0n) is 8.22. The maximum absolute atomic E-state index is 13.2. The van der Waals surface area contributed by atoms with Crippen molar-refractivity contribution in [1.82, 2.24) is 0 Å². The number of hydrogen-bond acceptors (Lipinski definition) is 1. The lowest BCUT2D eigenvalue weighted by atomic mass is 10.1. The lowest BCUT2D eigenvalue weighted by Gasteiger charge is -2.34. The van der Waals surface area contributed by atoms with Crippen molar-refractivity contribution in [3.05, 3.63) is 28.7 Å². The second-order valence-corrected chi connectivity index (χ2v) is 4.78. The van der Waals surface area contributed by atoms with Gasteiger partial charge in [-0.25, -0.2) is 8.78 Å². The number of anilines is 1. The molecule has 4 heteroatoms. The van der Waals surface area contributed by atoms with Gasteiger partial charge in [-0.05, 0) is 24.6 Å². The number of benzene rings is 1. The minimum Gasteiger partial charge on any atom is -0.365 e. The van der Waals surface area contributed by atoms with Crippen molar-refractivity contribution in [1.29, 1.82) is 0 Å². The number of alkyl halides is 2. The highest BCUT2D eigenvalue weighted by Crippen LogP contribution is 2.30. The minimum absolute atomic E-state index is 0.0114. The molecule has 0 radical (unpaired) electrons. The van der Waals surface area contributed by atoms with E-state index in [1.807, 2.05) is 24.3 Å². The van der Waals surface area contributed by atoms with Crippen LogP contribution < -0.4 is 4.90 Å². The molecule has 1 aliphatic heterocycles. The Kier molecular flexibility index (Phi) is 2.96. The molecule has 2 rings (SSSR count). The molecule has 1 aromatic rings. The Morgan fingerprint density at radius 1 is 1.33 bits per heavy atom. The summed E-state index contributed by atoms with van der Waals surface area (Å²) in [6, 6.07) is 7.51. The highest BCUT2D eigenvalue weighted by atomic mass is 79.9. The number of piperidine rings is 1. The van der Waals surface area contributed by atoms with E-state index in [0.29, 0.717) is 13.0 Å². The highest BCUT2D eigenvalue weighted by molar-refractivity contribution is 9.10. The molecule has 0 aromatic heterocycles. The van der Waals surface area contributed by atoms with E-state index in [1.165, 1.54) is 0 Å². The van der Waals surface area contributed by atoms with Gasteiger partial charge in [0.2, 0.25) is 0 Å². The smallest absolute Gasteiger partial charge is 0.265 e. The number of halogens is 3. The Balaban J connectivity index is 2.17. The van der Waals surface area contributed by atoms with Crippen LogP contribution in [0.5, 0.6) is 0 Å². The molecule has 15 heavy (non-hydrogen) atoms. The Morgan fingerprint density at radius 3 is 2.80 bits per heavy atom. The highest BCUT2D eigenvalue weighted by Gasteiger charge is 2.35. The molecule has 0 bridgehead atoms.